The molecule has 2 aromatic heterocycles. The molecule has 0 aliphatic rings. The van der Waals surface area contributed by atoms with Crippen LogP contribution in [0.2, 0.25) is 10.0 Å². The lowest BCUT2D eigenvalue weighted by Gasteiger charge is -2.09. The standard InChI is InChI=1S/C18H13Cl2N3/c1-10-17-11(2)22-18(13-9-12(19)7-8-14(13)20)23(17)16-6-4-3-5-15(16)21-10/h3-9H,1-2H3. The molecule has 0 aliphatic heterocycles. The lowest BCUT2D eigenvalue weighted by atomic mass is 10.2. The van der Waals surface area contributed by atoms with Crippen molar-refractivity contribution in [2.24, 2.45) is 0 Å². The fraction of sp³-hybridized carbons (Fsp3) is 0.111. The van der Waals surface area contributed by atoms with Gasteiger partial charge in [-0.25, -0.2) is 9.97 Å². The summed E-state index contributed by atoms with van der Waals surface area (Å²) in [5.41, 5.74) is 5.62. The minimum atomic E-state index is 0.625. The molecule has 4 rings (SSSR count). The van der Waals surface area contributed by atoms with E-state index in [0.717, 1.165) is 39.3 Å². The molecule has 4 aromatic rings. The number of rotatable bonds is 1. The number of aromatic nitrogens is 3. The lowest BCUT2D eigenvalue weighted by Crippen LogP contribution is -1.97. The third-order valence-corrected chi connectivity index (χ3v) is 4.54. The Balaban J connectivity index is 2.22. The fourth-order valence-corrected chi connectivity index (χ4v) is 3.39. The van der Waals surface area contributed by atoms with E-state index in [1.165, 1.54) is 0 Å². The zero-order chi connectivity index (χ0) is 16.1. The molecule has 0 spiro atoms. The molecule has 0 bridgehead atoms. The van der Waals surface area contributed by atoms with Crippen LogP contribution >= 0.6 is 23.2 Å². The Hall–Kier alpha value is -2.10. The molecule has 0 unspecified atom stereocenters. The normalized spacial score (nSPS) is 11.5. The number of benzene rings is 2. The molecule has 5 heteroatoms. The minimum Gasteiger partial charge on any atom is -0.289 e. The SMILES string of the molecule is Cc1nc(-c2cc(Cl)ccc2Cl)n2c1c(C)nc1ccccc12. The average molecular weight is 342 g/mol. The molecule has 2 heterocycles. The van der Waals surface area contributed by atoms with Gasteiger partial charge in [-0.05, 0) is 44.2 Å². The number of para-hydroxylation sites is 2. The second-order valence-corrected chi connectivity index (χ2v) is 6.36. The summed E-state index contributed by atoms with van der Waals surface area (Å²) in [4.78, 5) is 9.44. The van der Waals surface area contributed by atoms with E-state index in [-0.39, 0.29) is 0 Å². The first-order valence-corrected chi connectivity index (χ1v) is 8.01. The van der Waals surface area contributed by atoms with Crippen molar-refractivity contribution in [1.29, 1.82) is 0 Å². The Morgan fingerprint density at radius 2 is 1.65 bits per heavy atom. The van der Waals surface area contributed by atoms with Crippen LogP contribution in [0.1, 0.15) is 11.4 Å². The summed E-state index contributed by atoms with van der Waals surface area (Å²) in [6.45, 7) is 3.99. The van der Waals surface area contributed by atoms with Crippen LogP contribution in [-0.4, -0.2) is 14.4 Å². The Morgan fingerprint density at radius 1 is 0.913 bits per heavy atom. The third kappa shape index (κ3) is 2.19. The summed E-state index contributed by atoms with van der Waals surface area (Å²) in [6, 6.07) is 13.4. The number of nitrogens with zero attached hydrogens (tertiary/aromatic N) is 3. The quantitative estimate of drug-likeness (QED) is 0.459. The van der Waals surface area contributed by atoms with Crippen LogP contribution in [0, 0.1) is 13.8 Å². The topological polar surface area (TPSA) is 30.2 Å². The molecule has 0 radical (unpaired) electrons. The van der Waals surface area contributed by atoms with E-state index < -0.39 is 0 Å². The molecule has 114 valence electrons. The van der Waals surface area contributed by atoms with Crippen molar-refractivity contribution in [1.82, 2.24) is 14.4 Å². The van der Waals surface area contributed by atoms with Gasteiger partial charge < -0.3 is 0 Å². The molecule has 0 aliphatic carbocycles. The van der Waals surface area contributed by atoms with Gasteiger partial charge in [0.2, 0.25) is 0 Å². The van der Waals surface area contributed by atoms with Crippen molar-refractivity contribution in [3.63, 3.8) is 0 Å². The Bertz CT molecular complexity index is 1070. The molecule has 3 nitrogen and oxygen atoms in total. The second kappa shape index (κ2) is 5.22. The lowest BCUT2D eigenvalue weighted by molar-refractivity contribution is 1.16. The summed E-state index contributed by atoms with van der Waals surface area (Å²) in [5.74, 6) is 0.784. The Morgan fingerprint density at radius 3 is 2.48 bits per heavy atom. The maximum Gasteiger partial charge on any atom is 0.146 e. The predicted octanol–water partition coefficient (Wildman–Crippen LogP) is 5.47. The zero-order valence-electron chi connectivity index (χ0n) is 12.6. The third-order valence-electron chi connectivity index (χ3n) is 3.97. The van der Waals surface area contributed by atoms with Crippen molar-refractivity contribution < 1.29 is 0 Å². The predicted molar refractivity (Wildman–Crippen MR) is 95.4 cm³/mol. The van der Waals surface area contributed by atoms with Crippen LogP contribution in [0.15, 0.2) is 42.5 Å². The van der Waals surface area contributed by atoms with Gasteiger partial charge in [0.15, 0.2) is 0 Å². The van der Waals surface area contributed by atoms with Crippen LogP contribution in [0.3, 0.4) is 0 Å². The molecule has 0 atom stereocenters. The summed E-state index contributed by atoms with van der Waals surface area (Å²) < 4.78 is 2.12. The van der Waals surface area contributed by atoms with E-state index in [9.17, 15) is 0 Å². The smallest absolute Gasteiger partial charge is 0.146 e. The van der Waals surface area contributed by atoms with Gasteiger partial charge in [-0.1, -0.05) is 35.3 Å². The molecular weight excluding hydrogens is 329 g/mol. The van der Waals surface area contributed by atoms with Crippen molar-refractivity contribution >= 4 is 39.8 Å². The van der Waals surface area contributed by atoms with Gasteiger partial charge in [-0.15, -0.1) is 0 Å². The largest absolute Gasteiger partial charge is 0.289 e. The van der Waals surface area contributed by atoms with Crippen LogP contribution in [-0.2, 0) is 0 Å². The molecule has 0 fully saturated rings. The molecule has 0 N–H and O–H groups in total. The van der Waals surface area contributed by atoms with Gasteiger partial charge in [0.25, 0.3) is 0 Å². The molecule has 0 saturated carbocycles. The molecule has 0 amide bonds. The van der Waals surface area contributed by atoms with Crippen molar-refractivity contribution in [3.05, 3.63) is 63.9 Å². The Kier molecular flexibility index (Phi) is 3.29. The first-order chi connectivity index (χ1) is 11.1. The first kappa shape index (κ1) is 14.5. The van der Waals surface area contributed by atoms with Crippen molar-refractivity contribution in [2.75, 3.05) is 0 Å². The Labute approximate surface area is 143 Å². The second-order valence-electron chi connectivity index (χ2n) is 5.51. The fourth-order valence-electron chi connectivity index (χ4n) is 3.02. The molecule has 2 aromatic carbocycles. The number of halogens is 2. The monoisotopic (exact) mass is 341 g/mol. The highest BCUT2D eigenvalue weighted by Gasteiger charge is 2.17. The molecular formula is C18H13Cl2N3. The van der Waals surface area contributed by atoms with E-state index in [1.54, 1.807) is 12.1 Å². The van der Waals surface area contributed by atoms with E-state index in [0.29, 0.717) is 10.0 Å². The van der Waals surface area contributed by atoms with Gasteiger partial charge in [-0.2, -0.15) is 0 Å². The van der Waals surface area contributed by atoms with Gasteiger partial charge in [0.1, 0.15) is 5.82 Å². The summed E-state index contributed by atoms with van der Waals surface area (Å²) in [5, 5.41) is 1.26. The highest BCUT2D eigenvalue weighted by Crippen LogP contribution is 2.33. The number of imidazole rings is 1. The van der Waals surface area contributed by atoms with Crippen molar-refractivity contribution in [2.45, 2.75) is 13.8 Å². The zero-order valence-corrected chi connectivity index (χ0v) is 14.2. The summed E-state index contributed by atoms with van der Waals surface area (Å²) in [6.07, 6.45) is 0. The van der Waals surface area contributed by atoms with Crippen LogP contribution in [0.4, 0.5) is 0 Å². The molecule has 0 saturated heterocycles. The van der Waals surface area contributed by atoms with Gasteiger partial charge in [-0.3, -0.25) is 4.40 Å². The highest BCUT2D eigenvalue weighted by atomic mass is 35.5. The maximum absolute atomic E-state index is 6.40. The summed E-state index contributed by atoms with van der Waals surface area (Å²) >= 11 is 12.6. The summed E-state index contributed by atoms with van der Waals surface area (Å²) in [7, 11) is 0. The highest BCUT2D eigenvalue weighted by molar-refractivity contribution is 6.35. The number of hydrogen-bond donors (Lipinski definition) is 0. The number of aryl methyl sites for hydroxylation is 2. The van der Waals surface area contributed by atoms with Crippen molar-refractivity contribution in [3.8, 4) is 11.4 Å². The molecule has 23 heavy (non-hydrogen) atoms. The van der Waals surface area contributed by atoms with Crippen LogP contribution in [0.5, 0.6) is 0 Å². The van der Waals surface area contributed by atoms with Gasteiger partial charge in [0.05, 0.1) is 33.0 Å². The van der Waals surface area contributed by atoms with E-state index in [2.05, 4.69) is 4.40 Å². The number of hydrogen-bond acceptors (Lipinski definition) is 2. The number of fused-ring (bicyclic) bond motifs is 3. The maximum atomic E-state index is 6.40. The van der Waals surface area contributed by atoms with Gasteiger partial charge in [0, 0.05) is 10.6 Å². The van der Waals surface area contributed by atoms with Crippen LogP contribution in [0.25, 0.3) is 27.9 Å². The van der Waals surface area contributed by atoms with E-state index in [4.69, 9.17) is 33.2 Å². The minimum absolute atomic E-state index is 0.625. The average Bonchev–Trinajstić information content (AvgIpc) is 2.88. The van der Waals surface area contributed by atoms with E-state index >= 15 is 0 Å². The van der Waals surface area contributed by atoms with E-state index in [1.807, 2.05) is 44.2 Å². The first-order valence-electron chi connectivity index (χ1n) is 7.26. The van der Waals surface area contributed by atoms with Crippen LogP contribution < -0.4 is 0 Å². The van der Waals surface area contributed by atoms with Gasteiger partial charge >= 0.3 is 0 Å².